The Balaban J connectivity index is 2.51. The molecule has 0 bridgehead atoms. The average molecular weight is 304 g/mol. The molecule has 0 heterocycles. The quantitative estimate of drug-likeness (QED) is 0.465. The van der Waals surface area contributed by atoms with Gasteiger partial charge in [-0.15, -0.1) is 0 Å². The van der Waals surface area contributed by atoms with Gasteiger partial charge in [0.05, 0.1) is 12.7 Å². The van der Waals surface area contributed by atoms with Crippen LogP contribution < -0.4 is 11.1 Å². The van der Waals surface area contributed by atoms with E-state index in [4.69, 9.17) is 10.8 Å². The van der Waals surface area contributed by atoms with Crippen LogP contribution in [0.5, 0.6) is 0 Å². The summed E-state index contributed by atoms with van der Waals surface area (Å²) in [6.45, 7) is 3.87. The summed E-state index contributed by atoms with van der Waals surface area (Å²) < 4.78 is 0. The van der Waals surface area contributed by atoms with Crippen LogP contribution in [0, 0.1) is 5.92 Å². The lowest BCUT2D eigenvalue weighted by atomic mass is 9.83. The van der Waals surface area contributed by atoms with Gasteiger partial charge in [-0.2, -0.15) is 11.8 Å². The van der Waals surface area contributed by atoms with Crippen molar-refractivity contribution in [3.63, 3.8) is 0 Å². The van der Waals surface area contributed by atoms with Crippen molar-refractivity contribution in [2.24, 2.45) is 11.7 Å². The first kappa shape index (κ1) is 17.8. The maximum atomic E-state index is 11.9. The van der Waals surface area contributed by atoms with Gasteiger partial charge in [-0.05, 0) is 44.8 Å². The Morgan fingerprint density at radius 2 is 2.25 bits per heavy atom. The second-order valence-corrected chi connectivity index (χ2v) is 7.07. The second kappa shape index (κ2) is 8.22. The molecule has 118 valence electrons. The lowest BCUT2D eigenvalue weighted by Crippen LogP contribution is -2.60. The normalized spacial score (nSPS) is 27.9. The SMILES string of the molecule is CC(C)NC1(C(N)=O)CCCC1CCSCC(O)CO. The van der Waals surface area contributed by atoms with Crippen molar-refractivity contribution >= 4 is 17.7 Å². The summed E-state index contributed by atoms with van der Waals surface area (Å²) >= 11 is 1.61. The van der Waals surface area contributed by atoms with E-state index in [1.54, 1.807) is 11.8 Å². The lowest BCUT2D eigenvalue weighted by molar-refractivity contribution is -0.126. The van der Waals surface area contributed by atoms with Crippen molar-refractivity contribution in [3.8, 4) is 0 Å². The van der Waals surface area contributed by atoms with Gasteiger partial charge in [-0.25, -0.2) is 0 Å². The Hall–Kier alpha value is -0.300. The first-order chi connectivity index (χ1) is 9.42. The molecule has 1 amide bonds. The largest absolute Gasteiger partial charge is 0.394 e. The number of carbonyl (C=O) groups excluding carboxylic acids is 1. The molecule has 1 aliphatic rings. The monoisotopic (exact) mass is 304 g/mol. The van der Waals surface area contributed by atoms with Crippen LogP contribution in [-0.4, -0.2) is 51.9 Å². The molecule has 0 spiro atoms. The summed E-state index contributed by atoms with van der Waals surface area (Å²) in [6, 6.07) is 0.229. The molecule has 6 heteroatoms. The molecule has 20 heavy (non-hydrogen) atoms. The highest BCUT2D eigenvalue weighted by molar-refractivity contribution is 7.99. The highest BCUT2D eigenvalue weighted by atomic mass is 32.2. The van der Waals surface area contributed by atoms with E-state index >= 15 is 0 Å². The summed E-state index contributed by atoms with van der Waals surface area (Å²) in [7, 11) is 0. The number of primary amides is 1. The number of thioether (sulfide) groups is 1. The number of hydrogen-bond acceptors (Lipinski definition) is 5. The Bertz CT molecular complexity index is 315. The molecule has 0 radical (unpaired) electrons. The number of hydrogen-bond donors (Lipinski definition) is 4. The highest BCUT2D eigenvalue weighted by Gasteiger charge is 2.47. The van der Waals surface area contributed by atoms with Crippen molar-refractivity contribution < 1.29 is 15.0 Å². The Kier molecular flexibility index (Phi) is 7.29. The summed E-state index contributed by atoms with van der Waals surface area (Å²) in [6.07, 6.45) is 3.11. The maximum absolute atomic E-state index is 11.9. The van der Waals surface area contributed by atoms with E-state index < -0.39 is 11.6 Å². The van der Waals surface area contributed by atoms with E-state index in [2.05, 4.69) is 5.32 Å². The topological polar surface area (TPSA) is 95.6 Å². The molecule has 5 nitrogen and oxygen atoms in total. The summed E-state index contributed by atoms with van der Waals surface area (Å²) in [5.41, 5.74) is 5.10. The summed E-state index contributed by atoms with van der Waals surface area (Å²) in [5, 5.41) is 21.5. The van der Waals surface area contributed by atoms with E-state index in [0.717, 1.165) is 31.4 Å². The van der Waals surface area contributed by atoms with Gasteiger partial charge in [0.25, 0.3) is 0 Å². The molecule has 0 aromatic rings. The standard InChI is InChI=1S/C14H28N2O3S/c1-10(2)16-14(13(15)19)6-3-4-11(14)5-7-20-9-12(18)8-17/h10-12,16-18H,3-9H2,1-2H3,(H2,15,19). The second-order valence-electron chi connectivity index (χ2n) is 5.92. The van der Waals surface area contributed by atoms with Crippen LogP contribution in [0.1, 0.15) is 39.5 Å². The van der Waals surface area contributed by atoms with Crippen molar-refractivity contribution in [2.75, 3.05) is 18.1 Å². The molecule has 0 saturated heterocycles. The predicted octanol–water partition coefficient (Wildman–Crippen LogP) is 0.485. The zero-order chi connectivity index (χ0) is 15.2. The lowest BCUT2D eigenvalue weighted by Gasteiger charge is -2.35. The molecule has 1 fully saturated rings. The third-order valence-corrected chi connectivity index (χ3v) is 5.08. The Labute approximate surface area is 125 Å². The molecular formula is C14H28N2O3S. The molecule has 0 aliphatic heterocycles. The summed E-state index contributed by atoms with van der Waals surface area (Å²) in [5.74, 6) is 1.43. The van der Waals surface area contributed by atoms with E-state index in [1.807, 2.05) is 13.8 Å². The van der Waals surface area contributed by atoms with Crippen LogP contribution in [0.2, 0.25) is 0 Å². The number of rotatable bonds is 9. The van der Waals surface area contributed by atoms with Crippen molar-refractivity contribution in [1.29, 1.82) is 0 Å². The fourth-order valence-corrected chi connectivity index (χ4v) is 4.06. The maximum Gasteiger partial charge on any atom is 0.238 e. The van der Waals surface area contributed by atoms with Crippen LogP contribution in [0.15, 0.2) is 0 Å². The van der Waals surface area contributed by atoms with E-state index in [1.165, 1.54) is 0 Å². The van der Waals surface area contributed by atoms with Crippen molar-refractivity contribution in [1.82, 2.24) is 5.32 Å². The first-order valence-electron chi connectivity index (χ1n) is 7.36. The number of nitrogens with one attached hydrogen (secondary N) is 1. The van der Waals surface area contributed by atoms with Crippen LogP contribution in [0.3, 0.4) is 0 Å². The number of amides is 1. The van der Waals surface area contributed by atoms with Gasteiger partial charge in [-0.1, -0.05) is 6.42 Å². The van der Waals surface area contributed by atoms with E-state index in [9.17, 15) is 9.90 Å². The summed E-state index contributed by atoms with van der Waals surface area (Å²) in [4.78, 5) is 11.9. The van der Waals surface area contributed by atoms with E-state index in [-0.39, 0.29) is 24.5 Å². The molecule has 1 aliphatic carbocycles. The zero-order valence-electron chi connectivity index (χ0n) is 12.5. The fourth-order valence-electron chi connectivity index (χ4n) is 3.07. The van der Waals surface area contributed by atoms with Gasteiger partial charge in [0.2, 0.25) is 5.91 Å². The molecule has 1 rings (SSSR count). The minimum absolute atomic E-state index is 0.198. The fraction of sp³-hybridized carbons (Fsp3) is 0.929. The third kappa shape index (κ3) is 4.62. The van der Waals surface area contributed by atoms with Crippen LogP contribution in [0.4, 0.5) is 0 Å². The van der Waals surface area contributed by atoms with Crippen molar-refractivity contribution in [2.45, 2.75) is 57.2 Å². The number of carbonyl (C=O) groups is 1. The highest BCUT2D eigenvalue weighted by Crippen LogP contribution is 2.39. The number of aliphatic hydroxyl groups excluding tert-OH is 2. The average Bonchev–Trinajstić information content (AvgIpc) is 2.77. The van der Waals surface area contributed by atoms with Gasteiger partial charge in [0, 0.05) is 11.8 Å². The molecule has 3 unspecified atom stereocenters. The first-order valence-corrected chi connectivity index (χ1v) is 8.52. The van der Waals surface area contributed by atoms with Gasteiger partial charge in [0.1, 0.15) is 5.54 Å². The number of nitrogens with two attached hydrogens (primary N) is 1. The minimum Gasteiger partial charge on any atom is -0.394 e. The Morgan fingerprint density at radius 3 is 2.80 bits per heavy atom. The molecule has 0 aromatic carbocycles. The molecule has 0 aromatic heterocycles. The van der Waals surface area contributed by atoms with Crippen LogP contribution in [0.25, 0.3) is 0 Å². The van der Waals surface area contributed by atoms with E-state index in [0.29, 0.717) is 5.75 Å². The molecule has 1 saturated carbocycles. The van der Waals surface area contributed by atoms with Gasteiger partial charge >= 0.3 is 0 Å². The minimum atomic E-state index is -0.654. The van der Waals surface area contributed by atoms with Crippen LogP contribution >= 0.6 is 11.8 Å². The molecule has 5 N–H and O–H groups in total. The third-order valence-electron chi connectivity index (χ3n) is 3.94. The van der Waals surface area contributed by atoms with Gasteiger partial charge < -0.3 is 21.3 Å². The van der Waals surface area contributed by atoms with Crippen LogP contribution in [-0.2, 0) is 4.79 Å². The molecule has 3 atom stereocenters. The number of aliphatic hydroxyl groups is 2. The van der Waals surface area contributed by atoms with Crippen molar-refractivity contribution in [3.05, 3.63) is 0 Å². The smallest absolute Gasteiger partial charge is 0.238 e. The van der Waals surface area contributed by atoms with Gasteiger partial charge in [0.15, 0.2) is 0 Å². The van der Waals surface area contributed by atoms with Gasteiger partial charge in [-0.3, -0.25) is 4.79 Å². The Morgan fingerprint density at radius 1 is 1.55 bits per heavy atom. The zero-order valence-corrected chi connectivity index (χ0v) is 13.3. The predicted molar refractivity (Wildman–Crippen MR) is 82.6 cm³/mol. The molecular weight excluding hydrogens is 276 g/mol.